The number of hydrogen-bond acceptors (Lipinski definition) is 3. The molecule has 1 fully saturated rings. The van der Waals surface area contributed by atoms with Crippen LogP contribution in [0.2, 0.25) is 0 Å². The van der Waals surface area contributed by atoms with Gasteiger partial charge in [0.1, 0.15) is 0 Å². The molecule has 0 aromatic heterocycles. The highest BCUT2D eigenvalue weighted by atomic mass is 16.5. The largest absolute Gasteiger partial charge is 0.377 e. The molecule has 0 aromatic rings. The Hall–Kier alpha value is -0.120. The van der Waals surface area contributed by atoms with Crippen LogP contribution in [0.1, 0.15) is 26.2 Å². The van der Waals surface area contributed by atoms with Crippen molar-refractivity contribution in [2.75, 3.05) is 19.7 Å². The van der Waals surface area contributed by atoms with Crippen LogP contribution < -0.4 is 11.1 Å². The van der Waals surface area contributed by atoms with Crippen LogP contribution in [-0.4, -0.2) is 31.8 Å². The summed E-state index contributed by atoms with van der Waals surface area (Å²) in [6.45, 7) is 4.93. The summed E-state index contributed by atoms with van der Waals surface area (Å²) in [6.07, 6.45) is 3.90. The predicted molar refractivity (Wildman–Crippen MR) is 50.1 cm³/mol. The van der Waals surface area contributed by atoms with E-state index in [2.05, 4.69) is 12.2 Å². The summed E-state index contributed by atoms with van der Waals surface area (Å²) in [5.74, 6) is 0. The highest BCUT2D eigenvalue weighted by Gasteiger charge is 2.14. The minimum atomic E-state index is 0.298. The summed E-state index contributed by atoms with van der Waals surface area (Å²) in [5.41, 5.74) is 5.75. The maximum atomic E-state index is 5.75. The summed E-state index contributed by atoms with van der Waals surface area (Å²) in [5, 5.41) is 3.33. The van der Waals surface area contributed by atoms with E-state index in [1.165, 1.54) is 12.8 Å². The average molecular weight is 172 g/mol. The summed E-state index contributed by atoms with van der Waals surface area (Å²) in [4.78, 5) is 0. The number of nitrogens with two attached hydrogens (primary N) is 1. The summed E-state index contributed by atoms with van der Waals surface area (Å²) in [6, 6.07) is 0.298. The van der Waals surface area contributed by atoms with E-state index in [1.54, 1.807) is 0 Å². The van der Waals surface area contributed by atoms with Gasteiger partial charge in [0, 0.05) is 25.7 Å². The zero-order valence-corrected chi connectivity index (χ0v) is 7.88. The molecule has 0 aromatic carbocycles. The first kappa shape index (κ1) is 9.96. The van der Waals surface area contributed by atoms with Gasteiger partial charge < -0.3 is 15.8 Å². The van der Waals surface area contributed by atoms with E-state index in [1.807, 2.05) is 0 Å². The van der Waals surface area contributed by atoms with Crippen molar-refractivity contribution in [2.45, 2.75) is 38.3 Å². The van der Waals surface area contributed by atoms with Gasteiger partial charge in [0.2, 0.25) is 0 Å². The normalized spacial score (nSPS) is 26.0. The zero-order valence-electron chi connectivity index (χ0n) is 7.88. The lowest BCUT2D eigenvalue weighted by atomic mass is 10.2. The molecule has 3 N–H and O–H groups in total. The van der Waals surface area contributed by atoms with Gasteiger partial charge in [-0.1, -0.05) is 6.92 Å². The minimum absolute atomic E-state index is 0.298. The maximum Gasteiger partial charge on any atom is 0.0700 e. The van der Waals surface area contributed by atoms with Crippen molar-refractivity contribution in [3.63, 3.8) is 0 Å². The van der Waals surface area contributed by atoms with Gasteiger partial charge in [-0.15, -0.1) is 0 Å². The molecule has 0 aliphatic carbocycles. The Morgan fingerprint density at radius 1 is 1.67 bits per heavy atom. The quantitative estimate of drug-likeness (QED) is 0.634. The van der Waals surface area contributed by atoms with Crippen LogP contribution in [0.25, 0.3) is 0 Å². The number of ether oxygens (including phenoxy) is 1. The summed E-state index contributed by atoms with van der Waals surface area (Å²) in [7, 11) is 0. The zero-order chi connectivity index (χ0) is 8.81. The van der Waals surface area contributed by atoms with Crippen LogP contribution in [0.15, 0.2) is 0 Å². The molecule has 0 saturated carbocycles. The van der Waals surface area contributed by atoms with Gasteiger partial charge in [0.25, 0.3) is 0 Å². The minimum Gasteiger partial charge on any atom is -0.377 e. The first-order valence-electron chi connectivity index (χ1n) is 4.90. The average Bonchev–Trinajstić information content (AvgIpc) is 2.57. The number of hydrogen-bond donors (Lipinski definition) is 2. The lowest BCUT2D eigenvalue weighted by molar-refractivity contribution is 0.110. The molecule has 0 amide bonds. The van der Waals surface area contributed by atoms with E-state index in [9.17, 15) is 0 Å². The topological polar surface area (TPSA) is 47.3 Å². The van der Waals surface area contributed by atoms with Gasteiger partial charge in [-0.3, -0.25) is 0 Å². The van der Waals surface area contributed by atoms with E-state index < -0.39 is 0 Å². The lowest BCUT2D eigenvalue weighted by Gasteiger charge is -2.13. The maximum absolute atomic E-state index is 5.75. The molecule has 1 rings (SSSR count). The molecule has 2 unspecified atom stereocenters. The Balaban J connectivity index is 1.94. The van der Waals surface area contributed by atoms with E-state index in [4.69, 9.17) is 10.5 Å². The third-order valence-electron chi connectivity index (χ3n) is 2.33. The molecular formula is C9H20N2O. The molecule has 72 valence electrons. The van der Waals surface area contributed by atoms with Gasteiger partial charge in [0.15, 0.2) is 0 Å². The van der Waals surface area contributed by atoms with Gasteiger partial charge in [0.05, 0.1) is 6.10 Å². The first-order valence-corrected chi connectivity index (χ1v) is 4.90. The highest BCUT2D eigenvalue weighted by Crippen LogP contribution is 2.10. The molecule has 0 spiro atoms. The standard InChI is InChI=1S/C9H20N2O/c1-2-8(10)6-11-7-9-4-3-5-12-9/h8-9,11H,2-7,10H2,1H3. The molecule has 0 radical (unpaired) electrons. The van der Waals surface area contributed by atoms with Crippen molar-refractivity contribution in [3.8, 4) is 0 Å². The van der Waals surface area contributed by atoms with Crippen LogP contribution in [0.5, 0.6) is 0 Å². The molecule has 3 nitrogen and oxygen atoms in total. The second kappa shape index (κ2) is 5.51. The number of rotatable bonds is 5. The van der Waals surface area contributed by atoms with Crippen molar-refractivity contribution in [2.24, 2.45) is 5.73 Å². The second-order valence-corrected chi connectivity index (χ2v) is 3.46. The van der Waals surface area contributed by atoms with Gasteiger partial charge in [-0.05, 0) is 19.3 Å². The van der Waals surface area contributed by atoms with E-state index >= 15 is 0 Å². The fourth-order valence-corrected chi connectivity index (χ4v) is 1.38. The van der Waals surface area contributed by atoms with Crippen molar-refractivity contribution in [1.29, 1.82) is 0 Å². The van der Waals surface area contributed by atoms with Crippen LogP contribution in [0.3, 0.4) is 0 Å². The fourth-order valence-electron chi connectivity index (χ4n) is 1.38. The van der Waals surface area contributed by atoms with E-state index in [0.717, 1.165) is 26.1 Å². The second-order valence-electron chi connectivity index (χ2n) is 3.46. The Labute approximate surface area is 74.7 Å². The van der Waals surface area contributed by atoms with Crippen LogP contribution in [0.4, 0.5) is 0 Å². The van der Waals surface area contributed by atoms with Crippen molar-refractivity contribution >= 4 is 0 Å². The first-order chi connectivity index (χ1) is 5.83. The molecule has 3 heteroatoms. The fraction of sp³-hybridized carbons (Fsp3) is 1.00. The molecule has 12 heavy (non-hydrogen) atoms. The van der Waals surface area contributed by atoms with Crippen molar-refractivity contribution in [3.05, 3.63) is 0 Å². The van der Waals surface area contributed by atoms with E-state index in [0.29, 0.717) is 12.1 Å². The third kappa shape index (κ3) is 3.52. The monoisotopic (exact) mass is 172 g/mol. The highest BCUT2D eigenvalue weighted by molar-refractivity contribution is 4.69. The Morgan fingerprint density at radius 3 is 3.08 bits per heavy atom. The Kier molecular flexibility index (Phi) is 4.58. The third-order valence-corrected chi connectivity index (χ3v) is 2.33. The lowest BCUT2D eigenvalue weighted by Crippen LogP contribution is -2.36. The van der Waals surface area contributed by atoms with Gasteiger partial charge in [-0.2, -0.15) is 0 Å². The van der Waals surface area contributed by atoms with Gasteiger partial charge >= 0.3 is 0 Å². The molecule has 1 heterocycles. The number of nitrogens with one attached hydrogen (secondary N) is 1. The SMILES string of the molecule is CCC(N)CNCC1CCCO1. The van der Waals surface area contributed by atoms with Gasteiger partial charge in [-0.25, -0.2) is 0 Å². The van der Waals surface area contributed by atoms with Crippen molar-refractivity contribution < 1.29 is 4.74 Å². The predicted octanol–water partition coefficient (Wildman–Crippen LogP) is 0.492. The summed E-state index contributed by atoms with van der Waals surface area (Å²) < 4.78 is 5.47. The van der Waals surface area contributed by atoms with Crippen LogP contribution in [-0.2, 0) is 4.74 Å². The van der Waals surface area contributed by atoms with Crippen LogP contribution in [0, 0.1) is 0 Å². The Morgan fingerprint density at radius 2 is 2.50 bits per heavy atom. The molecule has 1 aliphatic heterocycles. The molecule has 1 aliphatic rings. The molecular weight excluding hydrogens is 152 g/mol. The molecule has 2 atom stereocenters. The summed E-state index contributed by atoms with van der Waals surface area (Å²) >= 11 is 0. The molecule has 1 saturated heterocycles. The van der Waals surface area contributed by atoms with E-state index in [-0.39, 0.29) is 0 Å². The Bertz CT molecular complexity index is 113. The molecule has 0 bridgehead atoms. The smallest absolute Gasteiger partial charge is 0.0700 e. The van der Waals surface area contributed by atoms with Crippen molar-refractivity contribution in [1.82, 2.24) is 5.32 Å². The van der Waals surface area contributed by atoms with Crippen LogP contribution >= 0.6 is 0 Å².